The highest BCUT2D eigenvalue weighted by atomic mass is 32.2. The molecule has 15 heavy (non-hydrogen) atoms. The van der Waals surface area contributed by atoms with Crippen LogP contribution in [0.5, 0.6) is 5.75 Å². The van der Waals surface area contributed by atoms with Gasteiger partial charge in [-0.05, 0) is 24.8 Å². The van der Waals surface area contributed by atoms with Gasteiger partial charge in [-0.3, -0.25) is 4.79 Å². The van der Waals surface area contributed by atoms with Gasteiger partial charge in [-0.1, -0.05) is 6.07 Å². The molecule has 0 bridgehead atoms. The van der Waals surface area contributed by atoms with Gasteiger partial charge in [0.2, 0.25) is 5.91 Å². The fourth-order valence-corrected chi connectivity index (χ4v) is 1.49. The van der Waals surface area contributed by atoms with Gasteiger partial charge < -0.3 is 10.4 Å². The molecular formula is C11H15NO2S. The number of thioether (sulfide) groups is 1. The molecule has 0 aliphatic rings. The first-order valence-corrected chi connectivity index (χ1v) is 6.11. The Morgan fingerprint density at radius 2 is 2.27 bits per heavy atom. The van der Waals surface area contributed by atoms with Crippen molar-refractivity contribution in [1.29, 1.82) is 0 Å². The second kappa shape index (κ2) is 5.66. The van der Waals surface area contributed by atoms with Crippen molar-refractivity contribution in [2.75, 3.05) is 17.3 Å². The van der Waals surface area contributed by atoms with Crippen molar-refractivity contribution >= 4 is 23.4 Å². The summed E-state index contributed by atoms with van der Waals surface area (Å²) in [6.45, 7) is 1.81. The standard InChI is InChI=1S/C11H15NO2S/c1-8-3-4-9(7-10(8)13)12-11(14)5-6-15-2/h3-4,7,13H,5-6H2,1-2H3,(H,12,14). The molecule has 0 saturated heterocycles. The molecule has 1 amide bonds. The zero-order valence-electron chi connectivity index (χ0n) is 8.91. The van der Waals surface area contributed by atoms with E-state index in [0.717, 1.165) is 11.3 Å². The number of carbonyl (C=O) groups excluding carboxylic acids is 1. The van der Waals surface area contributed by atoms with Crippen LogP contribution in [0.15, 0.2) is 18.2 Å². The maximum Gasteiger partial charge on any atom is 0.225 e. The number of amides is 1. The average Bonchev–Trinajstić information content (AvgIpc) is 2.20. The molecule has 0 spiro atoms. The molecule has 3 nitrogen and oxygen atoms in total. The topological polar surface area (TPSA) is 49.3 Å². The first-order valence-electron chi connectivity index (χ1n) is 4.72. The minimum Gasteiger partial charge on any atom is -0.508 e. The molecule has 1 rings (SSSR count). The lowest BCUT2D eigenvalue weighted by Gasteiger charge is -2.06. The Kier molecular flexibility index (Phi) is 4.49. The number of aromatic hydroxyl groups is 1. The van der Waals surface area contributed by atoms with E-state index < -0.39 is 0 Å². The summed E-state index contributed by atoms with van der Waals surface area (Å²) in [4.78, 5) is 11.4. The minimum absolute atomic E-state index is 0.0207. The van der Waals surface area contributed by atoms with Gasteiger partial charge in [-0.15, -0.1) is 0 Å². The molecule has 0 aliphatic heterocycles. The number of phenolic OH excluding ortho intramolecular Hbond substituents is 1. The summed E-state index contributed by atoms with van der Waals surface area (Å²) in [5.41, 5.74) is 1.45. The van der Waals surface area contributed by atoms with Crippen molar-refractivity contribution in [3.8, 4) is 5.75 Å². The summed E-state index contributed by atoms with van der Waals surface area (Å²) in [5, 5.41) is 12.2. The van der Waals surface area contributed by atoms with Crippen LogP contribution in [0, 0.1) is 6.92 Å². The number of carbonyl (C=O) groups is 1. The summed E-state index contributed by atoms with van der Waals surface area (Å²) in [5.74, 6) is 0.995. The highest BCUT2D eigenvalue weighted by Crippen LogP contribution is 2.20. The van der Waals surface area contributed by atoms with E-state index in [9.17, 15) is 9.90 Å². The van der Waals surface area contributed by atoms with Gasteiger partial charge in [0, 0.05) is 23.9 Å². The zero-order valence-corrected chi connectivity index (χ0v) is 9.73. The molecule has 2 N–H and O–H groups in total. The van der Waals surface area contributed by atoms with E-state index in [2.05, 4.69) is 5.32 Å². The van der Waals surface area contributed by atoms with E-state index in [4.69, 9.17) is 0 Å². The molecule has 0 aromatic heterocycles. The number of anilines is 1. The highest BCUT2D eigenvalue weighted by molar-refractivity contribution is 7.98. The van der Waals surface area contributed by atoms with E-state index in [1.807, 2.05) is 13.2 Å². The van der Waals surface area contributed by atoms with Gasteiger partial charge in [0.05, 0.1) is 0 Å². The lowest BCUT2D eigenvalue weighted by Crippen LogP contribution is -2.11. The third-order valence-corrected chi connectivity index (χ3v) is 2.64. The van der Waals surface area contributed by atoms with Crippen molar-refractivity contribution in [3.63, 3.8) is 0 Å². The van der Waals surface area contributed by atoms with Gasteiger partial charge in [-0.2, -0.15) is 11.8 Å². The third kappa shape index (κ3) is 3.83. The lowest BCUT2D eigenvalue weighted by atomic mass is 10.2. The van der Waals surface area contributed by atoms with Crippen LogP contribution in [-0.2, 0) is 4.79 Å². The van der Waals surface area contributed by atoms with Crippen LogP contribution in [0.25, 0.3) is 0 Å². The first kappa shape index (κ1) is 11.9. The lowest BCUT2D eigenvalue weighted by molar-refractivity contribution is -0.115. The normalized spacial score (nSPS) is 10.0. The van der Waals surface area contributed by atoms with Crippen LogP contribution in [-0.4, -0.2) is 23.0 Å². The second-order valence-corrected chi connectivity index (χ2v) is 4.28. The highest BCUT2D eigenvalue weighted by Gasteiger charge is 2.03. The minimum atomic E-state index is -0.0207. The number of rotatable bonds is 4. The maximum atomic E-state index is 11.4. The molecule has 0 unspecified atom stereocenters. The fraction of sp³-hybridized carbons (Fsp3) is 0.364. The predicted molar refractivity (Wildman–Crippen MR) is 64.5 cm³/mol. The van der Waals surface area contributed by atoms with Gasteiger partial charge in [0.15, 0.2) is 0 Å². The van der Waals surface area contributed by atoms with E-state index in [0.29, 0.717) is 12.1 Å². The van der Waals surface area contributed by atoms with Crippen molar-refractivity contribution in [1.82, 2.24) is 0 Å². The van der Waals surface area contributed by atoms with Gasteiger partial charge >= 0.3 is 0 Å². The molecule has 1 aromatic rings. The summed E-state index contributed by atoms with van der Waals surface area (Å²) < 4.78 is 0. The molecular weight excluding hydrogens is 210 g/mol. The Labute approximate surface area is 93.9 Å². The smallest absolute Gasteiger partial charge is 0.225 e. The van der Waals surface area contributed by atoms with E-state index >= 15 is 0 Å². The molecule has 82 valence electrons. The van der Waals surface area contributed by atoms with Crippen molar-refractivity contribution in [3.05, 3.63) is 23.8 Å². The Balaban J connectivity index is 2.57. The third-order valence-electron chi connectivity index (χ3n) is 2.03. The van der Waals surface area contributed by atoms with E-state index in [1.165, 1.54) is 0 Å². The van der Waals surface area contributed by atoms with Crippen molar-refractivity contribution in [2.24, 2.45) is 0 Å². The van der Waals surface area contributed by atoms with Crippen molar-refractivity contribution < 1.29 is 9.90 Å². The van der Waals surface area contributed by atoms with Crippen LogP contribution in [0.3, 0.4) is 0 Å². The predicted octanol–water partition coefficient (Wildman–Crippen LogP) is 2.39. The Morgan fingerprint density at radius 3 is 2.87 bits per heavy atom. The molecule has 1 aromatic carbocycles. The first-order chi connectivity index (χ1) is 7.13. The van der Waals surface area contributed by atoms with Gasteiger partial charge in [0.1, 0.15) is 5.75 Å². The average molecular weight is 225 g/mol. The number of aryl methyl sites for hydroxylation is 1. The number of hydrogen-bond donors (Lipinski definition) is 2. The summed E-state index contributed by atoms with van der Waals surface area (Å²) in [6.07, 6.45) is 2.46. The quantitative estimate of drug-likeness (QED) is 0.827. The Morgan fingerprint density at radius 1 is 1.53 bits per heavy atom. The number of nitrogens with one attached hydrogen (secondary N) is 1. The molecule has 0 fully saturated rings. The van der Waals surface area contributed by atoms with E-state index in [-0.39, 0.29) is 11.7 Å². The van der Waals surface area contributed by atoms with Crippen LogP contribution >= 0.6 is 11.8 Å². The van der Waals surface area contributed by atoms with Crippen LogP contribution in [0.4, 0.5) is 5.69 Å². The number of hydrogen-bond acceptors (Lipinski definition) is 3. The number of phenols is 1. The van der Waals surface area contributed by atoms with Gasteiger partial charge in [0.25, 0.3) is 0 Å². The zero-order chi connectivity index (χ0) is 11.3. The fourth-order valence-electron chi connectivity index (χ4n) is 1.11. The van der Waals surface area contributed by atoms with E-state index in [1.54, 1.807) is 30.0 Å². The molecule has 0 radical (unpaired) electrons. The van der Waals surface area contributed by atoms with Crippen LogP contribution < -0.4 is 5.32 Å². The molecule has 0 heterocycles. The number of benzene rings is 1. The maximum absolute atomic E-state index is 11.4. The van der Waals surface area contributed by atoms with Crippen molar-refractivity contribution in [2.45, 2.75) is 13.3 Å². The Bertz CT molecular complexity index is 352. The summed E-state index contributed by atoms with van der Waals surface area (Å²) in [7, 11) is 0. The second-order valence-electron chi connectivity index (χ2n) is 3.29. The largest absolute Gasteiger partial charge is 0.508 e. The summed E-state index contributed by atoms with van der Waals surface area (Å²) >= 11 is 1.64. The molecule has 0 atom stereocenters. The van der Waals surface area contributed by atoms with Gasteiger partial charge in [-0.25, -0.2) is 0 Å². The Hall–Kier alpha value is -1.16. The monoisotopic (exact) mass is 225 g/mol. The summed E-state index contributed by atoms with van der Waals surface area (Å²) in [6, 6.07) is 5.12. The molecule has 0 saturated carbocycles. The molecule has 0 aliphatic carbocycles. The SMILES string of the molecule is CSCCC(=O)Nc1ccc(C)c(O)c1. The van der Waals surface area contributed by atoms with Crippen LogP contribution in [0.1, 0.15) is 12.0 Å². The molecule has 4 heteroatoms. The van der Waals surface area contributed by atoms with Crippen LogP contribution in [0.2, 0.25) is 0 Å².